The molecule has 2 aromatic heterocycles. The molecule has 1 N–H and O–H groups in total. The summed E-state index contributed by atoms with van der Waals surface area (Å²) in [6.45, 7) is 4.23. The predicted molar refractivity (Wildman–Crippen MR) is 122 cm³/mol. The van der Waals surface area contributed by atoms with E-state index in [9.17, 15) is 21.4 Å². The van der Waals surface area contributed by atoms with Crippen LogP contribution >= 0.6 is 0 Å². The van der Waals surface area contributed by atoms with Crippen molar-refractivity contribution in [3.8, 4) is 0 Å². The Morgan fingerprint density at radius 2 is 1.67 bits per heavy atom. The van der Waals surface area contributed by atoms with Crippen LogP contribution in [-0.2, 0) is 24.4 Å². The van der Waals surface area contributed by atoms with E-state index in [2.05, 4.69) is 15.1 Å². The van der Waals surface area contributed by atoms with Gasteiger partial charge < -0.3 is 4.48 Å². The van der Waals surface area contributed by atoms with Crippen molar-refractivity contribution in [2.45, 2.75) is 20.1 Å². The minimum absolute atomic E-state index is 0.355. The second kappa shape index (κ2) is 8.24. The SMILES string of the molecule is Cc1nn([C@@H](C)OS(=O)(=O)C[C@H]2C[N+](C)(C)C[C@@H]2CS(=O)(=O)O)c2nc3ccccc3nc12. The maximum Gasteiger partial charge on any atom is 0.269 e. The average Bonchev–Trinajstić information content (AvgIpc) is 3.13. The van der Waals surface area contributed by atoms with E-state index in [1.165, 1.54) is 4.68 Å². The fourth-order valence-electron chi connectivity index (χ4n) is 4.75. The van der Waals surface area contributed by atoms with Gasteiger partial charge in [0.1, 0.15) is 5.52 Å². The van der Waals surface area contributed by atoms with Crippen molar-refractivity contribution in [3.05, 3.63) is 30.0 Å². The van der Waals surface area contributed by atoms with Crippen LogP contribution in [0.25, 0.3) is 22.2 Å². The quantitative estimate of drug-likeness (QED) is 0.290. The highest BCUT2D eigenvalue weighted by Gasteiger charge is 2.44. The van der Waals surface area contributed by atoms with Crippen LogP contribution in [0, 0.1) is 18.8 Å². The van der Waals surface area contributed by atoms with Gasteiger partial charge in [0, 0.05) is 11.8 Å². The molecule has 1 fully saturated rings. The topological polar surface area (TPSA) is 141 Å². The van der Waals surface area contributed by atoms with E-state index in [1.54, 1.807) is 13.8 Å². The van der Waals surface area contributed by atoms with Crippen molar-refractivity contribution in [2.24, 2.45) is 11.8 Å². The normalized spacial score (nSPS) is 22.2. The zero-order chi connectivity index (χ0) is 24.2. The molecule has 1 aliphatic heterocycles. The van der Waals surface area contributed by atoms with E-state index < -0.39 is 44.1 Å². The molecular weight excluding hydrogens is 470 g/mol. The molecule has 0 bridgehead atoms. The van der Waals surface area contributed by atoms with Gasteiger partial charge in [-0.15, -0.1) is 0 Å². The standard InChI is InChI=1S/C20H27N5O6S2/c1-13-19-20(22-18-8-6-5-7-17(18)21-19)24(23-13)14(2)31-33(29,30)12-16-10-25(3,4)9-15(16)11-32(26,27)28/h5-8,14-16H,9-12H2,1-4H3/p+1/t14-,15-,16-/m1/s1. The summed E-state index contributed by atoms with van der Waals surface area (Å²) in [5.74, 6) is -1.80. The molecule has 0 radical (unpaired) electrons. The van der Waals surface area contributed by atoms with Crippen LogP contribution in [-0.4, -0.2) is 84.3 Å². The van der Waals surface area contributed by atoms with Crippen molar-refractivity contribution in [3.63, 3.8) is 0 Å². The lowest BCUT2D eigenvalue weighted by Gasteiger charge is -2.23. The Balaban J connectivity index is 1.58. The minimum atomic E-state index is -4.23. The van der Waals surface area contributed by atoms with E-state index >= 15 is 0 Å². The van der Waals surface area contributed by atoms with Gasteiger partial charge in [-0.1, -0.05) is 12.1 Å². The molecule has 13 heteroatoms. The number of para-hydroxylation sites is 2. The third-order valence-corrected chi connectivity index (χ3v) is 8.22. The molecule has 33 heavy (non-hydrogen) atoms. The number of benzene rings is 1. The maximum absolute atomic E-state index is 12.9. The highest BCUT2D eigenvalue weighted by Crippen LogP contribution is 2.31. The van der Waals surface area contributed by atoms with Crippen LogP contribution in [0.3, 0.4) is 0 Å². The number of aromatic nitrogens is 4. The maximum atomic E-state index is 12.9. The second-order valence-corrected chi connectivity index (χ2v) is 12.5. The lowest BCUT2D eigenvalue weighted by molar-refractivity contribution is -0.880. The van der Waals surface area contributed by atoms with Crippen LogP contribution in [0.15, 0.2) is 24.3 Å². The molecule has 1 aliphatic rings. The van der Waals surface area contributed by atoms with Gasteiger partial charge in [-0.3, -0.25) is 4.55 Å². The highest BCUT2D eigenvalue weighted by atomic mass is 32.2. The molecule has 3 heterocycles. The monoisotopic (exact) mass is 498 g/mol. The summed E-state index contributed by atoms with van der Waals surface area (Å²) in [6.07, 6.45) is -0.981. The Kier molecular flexibility index (Phi) is 5.98. The third kappa shape index (κ3) is 5.32. The molecule has 0 spiro atoms. The third-order valence-electron chi connectivity index (χ3n) is 5.97. The summed E-state index contributed by atoms with van der Waals surface area (Å²) >= 11 is 0. The lowest BCUT2D eigenvalue weighted by atomic mass is 10.0. The van der Waals surface area contributed by atoms with Gasteiger partial charge in [-0.05, 0) is 26.0 Å². The Morgan fingerprint density at radius 3 is 2.27 bits per heavy atom. The van der Waals surface area contributed by atoms with Gasteiger partial charge in [-0.2, -0.15) is 21.9 Å². The van der Waals surface area contributed by atoms with Crippen LogP contribution in [0.2, 0.25) is 0 Å². The van der Waals surface area contributed by atoms with Crippen LogP contribution in [0.1, 0.15) is 18.8 Å². The molecule has 0 saturated carbocycles. The fourth-order valence-corrected chi connectivity index (χ4v) is 7.15. The fraction of sp³-hybridized carbons (Fsp3) is 0.550. The van der Waals surface area contributed by atoms with Gasteiger partial charge in [-0.25, -0.2) is 18.8 Å². The molecule has 0 amide bonds. The molecule has 1 saturated heterocycles. The van der Waals surface area contributed by atoms with Gasteiger partial charge >= 0.3 is 0 Å². The summed E-state index contributed by atoms with van der Waals surface area (Å²) in [5.41, 5.74) is 2.93. The van der Waals surface area contributed by atoms with E-state index in [-0.39, 0.29) is 5.75 Å². The molecular formula is C20H28N5O6S2+. The van der Waals surface area contributed by atoms with Crippen LogP contribution in [0.4, 0.5) is 0 Å². The van der Waals surface area contributed by atoms with Crippen molar-refractivity contribution in [1.82, 2.24) is 19.7 Å². The summed E-state index contributed by atoms with van der Waals surface area (Å²) in [6, 6.07) is 7.35. The lowest BCUT2D eigenvalue weighted by Crippen LogP contribution is -2.37. The van der Waals surface area contributed by atoms with E-state index in [0.29, 0.717) is 45.5 Å². The van der Waals surface area contributed by atoms with Crippen molar-refractivity contribution in [1.29, 1.82) is 0 Å². The smallest absolute Gasteiger partial charge is 0.269 e. The Bertz CT molecular complexity index is 1420. The van der Waals surface area contributed by atoms with E-state index in [1.807, 2.05) is 38.4 Å². The number of quaternary nitrogens is 1. The number of fused-ring (bicyclic) bond motifs is 2. The molecule has 3 atom stereocenters. The van der Waals surface area contributed by atoms with Crippen molar-refractivity contribution < 1.29 is 30.1 Å². The van der Waals surface area contributed by atoms with Crippen molar-refractivity contribution >= 4 is 42.4 Å². The molecule has 3 aromatic rings. The molecule has 1 aromatic carbocycles. The van der Waals surface area contributed by atoms with Gasteiger partial charge in [0.2, 0.25) is 0 Å². The van der Waals surface area contributed by atoms with E-state index in [0.717, 1.165) is 0 Å². The Hall–Kier alpha value is -2.19. The average molecular weight is 499 g/mol. The number of hydrogen-bond acceptors (Lipinski definition) is 8. The zero-order valence-corrected chi connectivity index (χ0v) is 20.5. The molecule has 180 valence electrons. The second-order valence-electron chi connectivity index (χ2n) is 9.40. The summed E-state index contributed by atoms with van der Waals surface area (Å²) in [7, 11) is -4.48. The molecule has 0 aliphatic carbocycles. The first-order chi connectivity index (χ1) is 15.2. The predicted octanol–water partition coefficient (Wildman–Crippen LogP) is 1.36. The molecule has 4 rings (SSSR count). The number of aryl methyl sites for hydroxylation is 1. The molecule has 11 nitrogen and oxygen atoms in total. The van der Waals surface area contributed by atoms with Gasteiger partial charge in [0.15, 0.2) is 11.9 Å². The number of hydrogen-bond donors (Lipinski definition) is 1. The van der Waals surface area contributed by atoms with Crippen LogP contribution in [0.5, 0.6) is 0 Å². The largest absolute Gasteiger partial charge is 0.328 e. The Morgan fingerprint density at radius 1 is 1.09 bits per heavy atom. The summed E-state index contributed by atoms with van der Waals surface area (Å²) < 4.78 is 65.3. The summed E-state index contributed by atoms with van der Waals surface area (Å²) in [5, 5.41) is 4.40. The first-order valence-corrected chi connectivity index (χ1v) is 13.7. The minimum Gasteiger partial charge on any atom is -0.328 e. The van der Waals surface area contributed by atoms with Crippen molar-refractivity contribution in [2.75, 3.05) is 38.7 Å². The number of rotatable bonds is 7. The van der Waals surface area contributed by atoms with Crippen LogP contribution < -0.4 is 0 Å². The number of likely N-dealkylation sites (tertiary alicyclic amines) is 1. The van der Waals surface area contributed by atoms with Gasteiger partial charge in [0.25, 0.3) is 20.2 Å². The first kappa shape index (κ1) is 24.0. The Labute approximate surface area is 192 Å². The number of nitrogens with zero attached hydrogens (tertiary/aromatic N) is 5. The first-order valence-electron chi connectivity index (χ1n) is 10.5. The summed E-state index contributed by atoms with van der Waals surface area (Å²) in [4.78, 5) is 9.18. The van der Waals surface area contributed by atoms with Gasteiger partial charge in [0.05, 0.1) is 55.4 Å². The zero-order valence-electron chi connectivity index (χ0n) is 18.9. The molecule has 0 unspecified atom stereocenters. The van der Waals surface area contributed by atoms with E-state index in [4.69, 9.17) is 4.18 Å². The highest BCUT2D eigenvalue weighted by molar-refractivity contribution is 7.86.